The molecule has 2 aromatic rings. The standard InChI is InChI=1S/C23H35N7O3/c1-4-33-18-9-7-16(8-10-18)27-20-19(30-24)14-26-22(29-20)28-17-6-5-15(13-17)21(31)25-12-11-23(2,3)32/h7-10,14-15,17,30,32H,4-6,11-13,24H2,1-3H3,(H,25,31)(H2,26,27,28,29)/t15-,17-/m1/s1. The molecule has 0 bridgehead atoms. The molecule has 180 valence electrons. The molecule has 2 atom stereocenters. The Balaban J connectivity index is 1.57. The van der Waals surface area contributed by atoms with Gasteiger partial charge in [-0.05, 0) is 70.7 Å². The van der Waals surface area contributed by atoms with Crippen LogP contribution >= 0.6 is 0 Å². The Labute approximate surface area is 194 Å². The third-order valence-corrected chi connectivity index (χ3v) is 5.54. The zero-order valence-corrected chi connectivity index (χ0v) is 19.5. The lowest BCUT2D eigenvalue weighted by atomic mass is 10.0. The summed E-state index contributed by atoms with van der Waals surface area (Å²) in [6, 6.07) is 7.67. The lowest BCUT2D eigenvalue weighted by Gasteiger charge is -2.18. The van der Waals surface area contributed by atoms with Gasteiger partial charge in [0.05, 0.1) is 18.4 Å². The fraction of sp³-hybridized carbons (Fsp3) is 0.522. The maximum Gasteiger partial charge on any atom is 0.224 e. The second kappa shape index (κ2) is 11.2. The molecule has 0 spiro atoms. The number of nitrogens with one attached hydrogen (secondary N) is 4. The van der Waals surface area contributed by atoms with Crippen LogP contribution in [0.15, 0.2) is 30.5 Å². The van der Waals surface area contributed by atoms with Crippen molar-refractivity contribution in [3.63, 3.8) is 0 Å². The van der Waals surface area contributed by atoms with E-state index in [0.29, 0.717) is 43.4 Å². The lowest BCUT2D eigenvalue weighted by Crippen LogP contribution is -2.34. The highest BCUT2D eigenvalue weighted by Gasteiger charge is 2.30. The molecular formula is C23H35N7O3. The minimum absolute atomic E-state index is 0.0324. The van der Waals surface area contributed by atoms with Crippen LogP contribution in [0, 0.1) is 5.92 Å². The first kappa shape index (κ1) is 24.5. The second-order valence-corrected chi connectivity index (χ2v) is 8.89. The van der Waals surface area contributed by atoms with E-state index in [1.54, 1.807) is 20.0 Å². The molecule has 1 aliphatic rings. The van der Waals surface area contributed by atoms with Crippen molar-refractivity contribution in [1.82, 2.24) is 15.3 Å². The molecule has 10 nitrogen and oxygen atoms in total. The van der Waals surface area contributed by atoms with Crippen LogP contribution in [-0.2, 0) is 4.79 Å². The fourth-order valence-electron chi connectivity index (χ4n) is 3.76. The minimum atomic E-state index is -0.786. The molecule has 1 aromatic carbocycles. The number of amides is 1. The predicted octanol–water partition coefficient (Wildman–Crippen LogP) is 2.76. The van der Waals surface area contributed by atoms with Crippen LogP contribution in [-0.4, -0.2) is 45.8 Å². The number of benzene rings is 1. The molecule has 10 heteroatoms. The first-order valence-electron chi connectivity index (χ1n) is 11.4. The minimum Gasteiger partial charge on any atom is -0.494 e. The first-order chi connectivity index (χ1) is 15.8. The number of anilines is 4. The lowest BCUT2D eigenvalue weighted by molar-refractivity contribution is -0.124. The van der Waals surface area contributed by atoms with E-state index in [1.165, 1.54) is 0 Å². The predicted molar refractivity (Wildman–Crippen MR) is 129 cm³/mol. The van der Waals surface area contributed by atoms with E-state index in [2.05, 4.69) is 31.3 Å². The summed E-state index contributed by atoms with van der Waals surface area (Å²) in [5.41, 5.74) is 3.22. The number of nitrogens with zero attached hydrogens (tertiary/aromatic N) is 2. The maximum atomic E-state index is 12.4. The summed E-state index contributed by atoms with van der Waals surface area (Å²) in [7, 11) is 0. The molecule has 33 heavy (non-hydrogen) atoms. The Morgan fingerprint density at radius 2 is 2.03 bits per heavy atom. The van der Waals surface area contributed by atoms with Crippen LogP contribution in [0.25, 0.3) is 0 Å². The number of hydrogen-bond donors (Lipinski definition) is 6. The average molecular weight is 458 g/mol. The zero-order valence-electron chi connectivity index (χ0n) is 19.5. The fourth-order valence-corrected chi connectivity index (χ4v) is 3.76. The zero-order chi connectivity index (χ0) is 23.8. The van der Waals surface area contributed by atoms with Gasteiger partial charge in [0, 0.05) is 24.2 Å². The van der Waals surface area contributed by atoms with Gasteiger partial charge in [0.15, 0.2) is 5.82 Å². The Morgan fingerprint density at radius 3 is 2.70 bits per heavy atom. The Kier molecular flexibility index (Phi) is 8.29. The number of carbonyl (C=O) groups excluding carboxylic acids is 1. The largest absolute Gasteiger partial charge is 0.494 e. The summed E-state index contributed by atoms with van der Waals surface area (Å²) in [5.74, 6) is 7.41. The normalized spacial score (nSPS) is 18.0. The molecule has 1 fully saturated rings. The molecule has 0 unspecified atom stereocenters. The van der Waals surface area contributed by atoms with Crippen molar-refractivity contribution in [2.75, 3.05) is 29.2 Å². The quantitative estimate of drug-likeness (QED) is 0.221. The summed E-state index contributed by atoms with van der Waals surface area (Å²) in [6.07, 6.45) is 4.49. The molecule has 0 radical (unpaired) electrons. The van der Waals surface area contributed by atoms with Crippen LogP contribution < -0.4 is 32.0 Å². The summed E-state index contributed by atoms with van der Waals surface area (Å²) in [6.45, 7) is 6.49. The first-order valence-corrected chi connectivity index (χ1v) is 11.4. The highest BCUT2D eigenvalue weighted by Crippen LogP contribution is 2.29. The van der Waals surface area contributed by atoms with Gasteiger partial charge in [0.25, 0.3) is 0 Å². The van der Waals surface area contributed by atoms with Crippen molar-refractivity contribution in [2.24, 2.45) is 11.8 Å². The molecule has 1 heterocycles. The van der Waals surface area contributed by atoms with Crippen molar-refractivity contribution in [2.45, 2.75) is 58.1 Å². The van der Waals surface area contributed by atoms with Crippen LogP contribution in [0.2, 0.25) is 0 Å². The summed E-state index contributed by atoms with van der Waals surface area (Å²) < 4.78 is 5.48. The maximum absolute atomic E-state index is 12.4. The number of aromatic nitrogens is 2. The van der Waals surface area contributed by atoms with Gasteiger partial charge in [-0.1, -0.05) is 0 Å². The number of ether oxygens (including phenoxy) is 1. The van der Waals surface area contributed by atoms with Gasteiger partial charge >= 0.3 is 0 Å². The van der Waals surface area contributed by atoms with E-state index in [0.717, 1.165) is 24.3 Å². The van der Waals surface area contributed by atoms with Gasteiger partial charge in [-0.2, -0.15) is 4.98 Å². The van der Waals surface area contributed by atoms with Gasteiger partial charge < -0.3 is 31.2 Å². The highest BCUT2D eigenvalue weighted by molar-refractivity contribution is 5.79. The van der Waals surface area contributed by atoms with E-state index in [1.807, 2.05) is 31.2 Å². The van der Waals surface area contributed by atoms with E-state index < -0.39 is 5.60 Å². The third-order valence-electron chi connectivity index (χ3n) is 5.54. The van der Waals surface area contributed by atoms with E-state index in [4.69, 9.17) is 10.6 Å². The van der Waals surface area contributed by atoms with Gasteiger partial charge in [-0.3, -0.25) is 10.6 Å². The summed E-state index contributed by atoms with van der Waals surface area (Å²) in [4.78, 5) is 21.4. The Morgan fingerprint density at radius 1 is 1.27 bits per heavy atom. The number of carbonyl (C=O) groups is 1. The van der Waals surface area contributed by atoms with Gasteiger partial charge in [0.1, 0.15) is 11.4 Å². The topological polar surface area (TPSA) is 146 Å². The number of hydrogen-bond acceptors (Lipinski definition) is 9. The number of aliphatic hydroxyl groups is 1. The monoisotopic (exact) mass is 457 g/mol. The average Bonchev–Trinajstić information content (AvgIpc) is 3.23. The van der Waals surface area contributed by atoms with Gasteiger partial charge in [0.2, 0.25) is 11.9 Å². The molecule has 3 rings (SSSR count). The van der Waals surface area contributed by atoms with E-state index in [-0.39, 0.29) is 17.9 Å². The Hall–Kier alpha value is -3.11. The molecule has 1 amide bonds. The molecule has 1 saturated carbocycles. The molecule has 1 aliphatic carbocycles. The Bertz CT molecular complexity index is 915. The molecule has 1 aromatic heterocycles. The summed E-state index contributed by atoms with van der Waals surface area (Å²) >= 11 is 0. The SMILES string of the molecule is CCOc1ccc(Nc2nc(N[C@@H]3CC[C@@H](C(=O)NCCC(C)(C)O)C3)ncc2NN)cc1. The number of nitrogen functional groups attached to an aromatic ring is 1. The van der Waals surface area contributed by atoms with Crippen molar-refractivity contribution < 1.29 is 14.6 Å². The van der Waals surface area contributed by atoms with Crippen LogP contribution in [0.3, 0.4) is 0 Å². The van der Waals surface area contributed by atoms with Crippen molar-refractivity contribution in [1.29, 1.82) is 0 Å². The van der Waals surface area contributed by atoms with Gasteiger partial charge in [-0.15, -0.1) is 0 Å². The van der Waals surface area contributed by atoms with Crippen molar-refractivity contribution in [3.8, 4) is 5.75 Å². The van der Waals surface area contributed by atoms with Crippen LogP contribution in [0.5, 0.6) is 5.75 Å². The van der Waals surface area contributed by atoms with Crippen LogP contribution in [0.4, 0.5) is 23.1 Å². The number of hydrazine groups is 1. The summed E-state index contributed by atoms with van der Waals surface area (Å²) in [5, 5.41) is 19.3. The van der Waals surface area contributed by atoms with Crippen molar-refractivity contribution in [3.05, 3.63) is 30.5 Å². The number of rotatable bonds is 11. The molecular weight excluding hydrogens is 422 g/mol. The van der Waals surface area contributed by atoms with E-state index in [9.17, 15) is 9.90 Å². The van der Waals surface area contributed by atoms with E-state index >= 15 is 0 Å². The second-order valence-electron chi connectivity index (χ2n) is 8.89. The van der Waals surface area contributed by atoms with Gasteiger partial charge in [-0.25, -0.2) is 4.98 Å². The molecule has 0 saturated heterocycles. The molecule has 0 aliphatic heterocycles. The third kappa shape index (κ3) is 7.47. The highest BCUT2D eigenvalue weighted by atomic mass is 16.5. The van der Waals surface area contributed by atoms with Crippen LogP contribution in [0.1, 0.15) is 46.5 Å². The smallest absolute Gasteiger partial charge is 0.224 e. The van der Waals surface area contributed by atoms with Crippen molar-refractivity contribution >= 4 is 29.0 Å². The molecule has 7 N–H and O–H groups in total. The number of nitrogens with two attached hydrogens (primary N) is 1.